The molecule has 0 aliphatic carbocycles. The van der Waals surface area contributed by atoms with Crippen molar-refractivity contribution in [1.29, 1.82) is 0 Å². The van der Waals surface area contributed by atoms with Gasteiger partial charge in [-0.3, -0.25) is 0 Å². The molecular formula is C12H17NO3. The minimum absolute atomic E-state index is 0.240. The highest BCUT2D eigenvalue weighted by Crippen LogP contribution is 1.98. The number of rotatable bonds is 7. The number of carboxylic acids is 1. The Morgan fingerprint density at radius 2 is 1.94 bits per heavy atom. The van der Waals surface area contributed by atoms with Gasteiger partial charge in [-0.2, -0.15) is 0 Å². The van der Waals surface area contributed by atoms with E-state index < -0.39 is 12.1 Å². The maximum Gasteiger partial charge on any atom is 0.332 e. The summed E-state index contributed by atoms with van der Waals surface area (Å²) >= 11 is 0. The fourth-order valence-corrected chi connectivity index (χ4v) is 1.36. The average molecular weight is 223 g/mol. The quantitative estimate of drug-likeness (QED) is 0.594. The second-order valence-electron chi connectivity index (χ2n) is 3.63. The van der Waals surface area contributed by atoms with Crippen LogP contribution in [-0.4, -0.2) is 35.4 Å². The molecule has 88 valence electrons. The largest absolute Gasteiger partial charge is 0.479 e. The van der Waals surface area contributed by atoms with Gasteiger partial charge in [0.15, 0.2) is 6.10 Å². The highest BCUT2D eigenvalue weighted by Gasteiger charge is 2.11. The van der Waals surface area contributed by atoms with Crippen LogP contribution in [0.25, 0.3) is 0 Å². The number of aliphatic hydroxyl groups excluding tert-OH is 1. The van der Waals surface area contributed by atoms with E-state index in [0.717, 1.165) is 13.0 Å². The molecule has 0 aromatic heterocycles. The highest BCUT2D eigenvalue weighted by atomic mass is 16.4. The zero-order valence-electron chi connectivity index (χ0n) is 9.10. The third kappa shape index (κ3) is 4.91. The van der Waals surface area contributed by atoms with Gasteiger partial charge in [0, 0.05) is 0 Å². The number of carboxylic acid groups (broad SMARTS) is 1. The Morgan fingerprint density at radius 3 is 2.56 bits per heavy atom. The summed E-state index contributed by atoms with van der Waals surface area (Å²) in [5, 5.41) is 20.5. The van der Waals surface area contributed by atoms with Crippen LogP contribution < -0.4 is 5.32 Å². The topological polar surface area (TPSA) is 69.6 Å². The van der Waals surface area contributed by atoms with Gasteiger partial charge >= 0.3 is 5.97 Å². The average Bonchev–Trinajstić information content (AvgIpc) is 2.29. The summed E-state index contributed by atoms with van der Waals surface area (Å²) in [6.45, 7) is 1.30. The number of hydrogen-bond donors (Lipinski definition) is 3. The number of nitrogens with one attached hydrogen (secondary N) is 1. The van der Waals surface area contributed by atoms with E-state index >= 15 is 0 Å². The SMILES string of the molecule is O=C(O)C(O)CCNCCc1ccccc1. The second-order valence-corrected chi connectivity index (χ2v) is 3.63. The van der Waals surface area contributed by atoms with Crippen LogP contribution >= 0.6 is 0 Å². The first-order chi connectivity index (χ1) is 7.70. The van der Waals surface area contributed by atoms with Crippen molar-refractivity contribution < 1.29 is 15.0 Å². The van der Waals surface area contributed by atoms with E-state index in [4.69, 9.17) is 10.2 Å². The van der Waals surface area contributed by atoms with E-state index in [1.54, 1.807) is 0 Å². The Kier molecular flexibility index (Phi) is 5.53. The Balaban J connectivity index is 2.07. The third-order valence-electron chi connectivity index (χ3n) is 2.31. The number of carbonyl (C=O) groups is 1. The molecule has 0 amide bonds. The Bertz CT molecular complexity index is 313. The summed E-state index contributed by atoms with van der Waals surface area (Å²) in [7, 11) is 0. The zero-order chi connectivity index (χ0) is 11.8. The van der Waals surface area contributed by atoms with E-state index in [9.17, 15) is 4.79 Å². The molecule has 0 saturated heterocycles. The number of benzene rings is 1. The van der Waals surface area contributed by atoms with E-state index in [0.29, 0.717) is 6.54 Å². The maximum atomic E-state index is 10.3. The van der Waals surface area contributed by atoms with Gasteiger partial charge < -0.3 is 15.5 Å². The molecule has 1 aromatic rings. The molecule has 4 heteroatoms. The minimum Gasteiger partial charge on any atom is -0.479 e. The van der Waals surface area contributed by atoms with Gasteiger partial charge in [0.25, 0.3) is 0 Å². The fraction of sp³-hybridized carbons (Fsp3) is 0.417. The number of hydrogen-bond acceptors (Lipinski definition) is 3. The Hall–Kier alpha value is -1.39. The summed E-state index contributed by atoms with van der Waals surface area (Å²) in [6, 6.07) is 10.1. The molecule has 0 aliphatic rings. The van der Waals surface area contributed by atoms with Crippen molar-refractivity contribution in [2.75, 3.05) is 13.1 Å². The van der Waals surface area contributed by atoms with Gasteiger partial charge in [-0.05, 0) is 31.5 Å². The lowest BCUT2D eigenvalue weighted by atomic mass is 10.1. The summed E-state index contributed by atoms with van der Waals surface area (Å²) in [4.78, 5) is 10.3. The van der Waals surface area contributed by atoms with Crippen molar-refractivity contribution in [3.63, 3.8) is 0 Å². The first-order valence-corrected chi connectivity index (χ1v) is 5.35. The lowest BCUT2D eigenvalue weighted by Gasteiger charge is -2.07. The summed E-state index contributed by atoms with van der Waals surface area (Å²) in [6.07, 6.45) is -0.113. The van der Waals surface area contributed by atoms with Crippen LogP contribution in [0.3, 0.4) is 0 Å². The molecule has 0 saturated carbocycles. The van der Waals surface area contributed by atoms with Crippen LogP contribution in [0, 0.1) is 0 Å². The van der Waals surface area contributed by atoms with E-state index in [-0.39, 0.29) is 6.42 Å². The van der Waals surface area contributed by atoms with Crippen LogP contribution in [0.5, 0.6) is 0 Å². The van der Waals surface area contributed by atoms with Gasteiger partial charge in [-0.25, -0.2) is 4.79 Å². The van der Waals surface area contributed by atoms with Crippen LogP contribution in [0.15, 0.2) is 30.3 Å². The molecule has 1 atom stereocenters. The molecule has 0 heterocycles. The molecule has 0 fully saturated rings. The molecule has 0 aliphatic heterocycles. The smallest absolute Gasteiger partial charge is 0.332 e. The van der Waals surface area contributed by atoms with Gasteiger partial charge in [0.05, 0.1) is 0 Å². The number of aliphatic hydroxyl groups is 1. The molecule has 0 radical (unpaired) electrons. The third-order valence-corrected chi connectivity index (χ3v) is 2.31. The molecule has 1 rings (SSSR count). The van der Waals surface area contributed by atoms with E-state index in [2.05, 4.69) is 5.32 Å². The monoisotopic (exact) mass is 223 g/mol. The van der Waals surface area contributed by atoms with Crippen molar-refractivity contribution in [1.82, 2.24) is 5.32 Å². The van der Waals surface area contributed by atoms with Crippen molar-refractivity contribution >= 4 is 5.97 Å². The van der Waals surface area contributed by atoms with Crippen molar-refractivity contribution in [3.8, 4) is 0 Å². The predicted molar refractivity (Wildman–Crippen MR) is 61.3 cm³/mol. The second kappa shape index (κ2) is 6.98. The van der Waals surface area contributed by atoms with E-state index in [1.165, 1.54) is 5.56 Å². The van der Waals surface area contributed by atoms with Crippen LogP contribution in [0.1, 0.15) is 12.0 Å². The molecule has 4 nitrogen and oxygen atoms in total. The van der Waals surface area contributed by atoms with Crippen molar-refractivity contribution in [3.05, 3.63) is 35.9 Å². The van der Waals surface area contributed by atoms with Gasteiger partial charge in [0.1, 0.15) is 0 Å². The summed E-state index contributed by atoms with van der Waals surface area (Å²) in [5.74, 6) is -1.16. The Labute approximate surface area is 94.9 Å². The lowest BCUT2D eigenvalue weighted by Crippen LogP contribution is -2.27. The number of aliphatic carboxylic acids is 1. The van der Waals surface area contributed by atoms with Crippen LogP contribution in [-0.2, 0) is 11.2 Å². The molecule has 0 bridgehead atoms. The molecule has 1 aromatic carbocycles. The first-order valence-electron chi connectivity index (χ1n) is 5.35. The molecule has 3 N–H and O–H groups in total. The Morgan fingerprint density at radius 1 is 1.25 bits per heavy atom. The molecular weight excluding hydrogens is 206 g/mol. The summed E-state index contributed by atoms with van der Waals surface area (Å²) < 4.78 is 0. The van der Waals surface area contributed by atoms with Crippen molar-refractivity contribution in [2.45, 2.75) is 18.9 Å². The van der Waals surface area contributed by atoms with Crippen molar-refractivity contribution in [2.24, 2.45) is 0 Å². The maximum absolute atomic E-state index is 10.3. The summed E-state index contributed by atoms with van der Waals surface area (Å²) in [5.41, 5.74) is 1.24. The van der Waals surface area contributed by atoms with Crippen LogP contribution in [0.2, 0.25) is 0 Å². The highest BCUT2D eigenvalue weighted by molar-refractivity contribution is 5.71. The van der Waals surface area contributed by atoms with Gasteiger partial charge in [0.2, 0.25) is 0 Å². The van der Waals surface area contributed by atoms with Crippen LogP contribution in [0.4, 0.5) is 0 Å². The van der Waals surface area contributed by atoms with E-state index in [1.807, 2.05) is 30.3 Å². The standard InChI is InChI=1S/C12H17NO3/c14-11(12(15)16)7-9-13-8-6-10-4-2-1-3-5-10/h1-5,11,13-14H,6-9H2,(H,15,16). The predicted octanol–water partition coefficient (Wildman–Crippen LogP) is 0.654. The molecule has 0 spiro atoms. The fourth-order valence-electron chi connectivity index (χ4n) is 1.36. The normalized spacial score (nSPS) is 12.3. The first kappa shape index (κ1) is 12.7. The lowest BCUT2D eigenvalue weighted by molar-refractivity contribution is -0.146. The zero-order valence-corrected chi connectivity index (χ0v) is 9.10. The van der Waals surface area contributed by atoms with Gasteiger partial charge in [-0.1, -0.05) is 30.3 Å². The molecule has 1 unspecified atom stereocenters. The molecule has 16 heavy (non-hydrogen) atoms. The van der Waals surface area contributed by atoms with Gasteiger partial charge in [-0.15, -0.1) is 0 Å². The minimum atomic E-state index is -1.26.